The SMILES string of the molecule is O=C(O)c1c(F)cccc1NCC1CCCOC1. The molecule has 1 unspecified atom stereocenters. The van der Waals surface area contributed by atoms with Crippen molar-refractivity contribution in [2.45, 2.75) is 12.8 Å². The Balaban J connectivity index is 2.04. The zero-order valence-corrected chi connectivity index (χ0v) is 9.99. The molecule has 1 aromatic carbocycles. The van der Waals surface area contributed by atoms with Gasteiger partial charge in [-0.3, -0.25) is 0 Å². The summed E-state index contributed by atoms with van der Waals surface area (Å²) in [6.45, 7) is 2.06. The Morgan fingerprint density at radius 2 is 2.39 bits per heavy atom. The molecule has 1 aliphatic rings. The number of carboxylic acid groups (broad SMARTS) is 1. The minimum absolute atomic E-state index is 0.297. The van der Waals surface area contributed by atoms with Gasteiger partial charge in [-0.1, -0.05) is 6.07 Å². The Bertz CT molecular complexity index is 430. The van der Waals surface area contributed by atoms with Gasteiger partial charge >= 0.3 is 5.97 Å². The van der Waals surface area contributed by atoms with Gasteiger partial charge in [-0.15, -0.1) is 0 Å². The van der Waals surface area contributed by atoms with E-state index < -0.39 is 11.8 Å². The van der Waals surface area contributed by atoms with Crippen molar-refractivity contribution in [2.24, 2.45) is 5.92 Å². The molecule has 18 heavy (non-hydrogen) atoms. The first-order valence-corrected chi connectivity index (χ1v) is 6.02. The van der Waals surface area contributed by atoms with Crippen molar-refractivity contribution in [3.8, 4) is 0 Å². The molecule has 1 aromatic rings. The largest absolute Gasteiger partial charge is 0.478 e. The molecule has 0 bridgehead atoms. The van der Waals surface area contributed by atoms with Gasteiger partial charge in [0, 0.05) is 13.2 Å². The molecule has 1 fully saturated rings. The van der Waals surface area contributed by atoms with Crippen LogP contribution < -0.4 is 5.32 Å². The lowest BCUT2D eigenvalue weighted by Crippen LogP contribution is -2.25. The van der Waals surface area contributed by atoms with Gasteiger partial charge in [0.1, 0.15) is 11.4 Å². The van der Waals surface area contributed by atoms with Gasteiger partial charge in [-0.25, -0.2) is 9.18 Å². The summed E-state index contributed by atoms with van der Waals surface area (Å²) in [7, 11) is 0. The number of hydrogen-bond donors (Lipinski definition) is 2. The lowest BCUT2D eigenvalue weighted by Gasteiger charge is -2.23. The third-order valence-electron chi connectivity index (χ3n) is 3.06. The van der Waals surface area contributed by atoms with E-state index in [1.807, 2.05) is 0 Å². The molecule has 4 nitrogen and oxygen atoms in total. The predicted molar refractivity (Wildman–Crippen MR) is 65.4 cm³/mol. The Labute approximate surface area is 105 Å². The number of benzene rings is 1. The number of anilines is 1. The van der Waals surface area contributed by atoms with Crippen LogP contribution in [0.4, 0.5) is 10.1 Å². The summed E-state index contributed by atoms with van der Waals surface area (Å²) in [5.74, 6) is -1.62. The third-order valence-corrected chi connectivity index (χ3v) is 3.06. The Kier molecular flexibility index (Phi) is 4.15. The van der Waals surface area contributed by atoms with Crippen LogP contribution in [-0.4, -0.2) is 30.8 Å². The number of carboxylic acids is 1. The number of nitrogens with one attached hydrogen (secondary N) is 1. The lowest BCUT2D eigenvalue weighted by atomic mass is 10.0. The Morgan fingerprint density at radius 1 is 1.56 bits per heavy atom. The van der Waals surface area contributed by atoms with Gasteiger partial charge < -0.3 is 15.2 Å². The monoisotopic (exact) mass is 253 g/mol. The van der Waals surface area contributed by atoms with Crippen LogP contribution in [0.5, 0.6) is 0 Å². The van der Waals surface area contributed by atoms with Crippen LogP contribution in [0.3, 0.4) is 0 Å². The number of aromatic carboxylic acids is 1. The average Bonchev–Trinajstić information content (AvgIpc) is 2.37. The van der Waals surface area contributed by atoms with Crippen molar-refractivity contribution in [1.82, 2.24) is 0 Å². The summed E-state index contributed by atoms with van der Waals surface area (Å²) in [6.07, 6.45) is 2.06. The van der Waals surface area contributed by atoms with E-state index in [0.717, 1.165) is 25.5 Å². The van der Waals surface area contributed by atoms with Crippen LogP contribution in [0.1, 0.15) is 23.2 Å². The minimum Gasteiger partial charge on any atom is -0.478 e. The number of ether oxygens (including phenoxy) is 1. The lowest BCUT2D eigenvalue weighted by molar-refractivity contribution is 0.0595. The van der Waals surface area contributed by atoms with E-state index in [1.165, 1.54) is 6.07 Å². The fraction of sp³-hybridized carbons (Fsp3) is 0.462. The molecule has 0 aromatic heterocycles. The van der Waals surface area contributed by atoms with Gasteiger partial charge in [-0.05, 0) is 30.9 Å². The van der Waals surface area contributed by atoms with Crippen LogP contribution in [-0.2, 0) is 4.74 Å². The summed E-state index contributed by atoms with van der Waals surface area (Å²) >= 11 is 0. The standard InChI is InChI=1S/C13H16FNO3/c14-10-4-1-5-11(12(10)13(16)17)15-7-9-3-2-6-18-8-9/h1,4-5,9,15H,2-3,6-8H2,(H,16,17). The summed E-state index contributed by atoms with van der Waals surface area (Å²) < 4.78 is 18.8. The zero-order valence-electron chi connectivity index (χ0n) is 9.99. The van der Waals surface area contributed by atoms with Crippen LogP contribution in [0, 0.1) is 11.7 Å². The molecule has 0 aliphatic carbocycles. The quantitative estimate of drug-likeness (QED) is 0.864. The number of carbonyl (C=O) groups is 1. The van der Waals surface area contributed by atoms with E-state index in [-0.39, 0.29) is 5.56 Å². The van der Waals surface area contributed by atoms with Crippen molar-refractivity contribution >= 4 is 11.7 Å². The van der Waals surface area contributed by atoms with Gasteiger partial charge in [0.05, 0.1) is 12.3 Å². The van der Waals surface area contributed by atoms with Gasteiger partial charge in [0.15, 0.2) is 0 Å². The summed E-state index contributed by atoms with van der Waals surface area (Å²) in [5.41, 5.74) is 0.0299. The molecule has 2 rings (SSSR count). The molecule has 1 heterocycles. The highest BCUT2D eigenvalue weighted by Crippen LogP contribution is 2.21. The molecule has 1 saturated heterocycles. The summed E-state index contributed by atoms with van der Waals surface area (Å²) in [6, 6.07) is 4.23. The first-order valence-electron chi connectivity index (χ1n) is 6.02. The topological polar surface area (TPSA) is 58.6 Å². The molecular formula is C13H16FNO3. The van der Waals surface area contributed by atoms with E-state index in [4.69, 9.17) is 9.84 Å². The van der Waals surface area contributed by atoms with Crippen molar-refractivity contribution in [3.63, 3.8) is 0 Å². The first kappa shape index (κ1) is 12.8. The van der Waals surface area contributed by atoms with Crippen LogP contribution in [0.2, 0.25) is 0 Å². The highest BCUT2D eigenvalue weighted by atomic mass is 19.1. The molecule has 0 saturated carbocycles. The molecule has 0 spiro atoms. The molecule has 1 aliphatic heterocycles. The third kappa shape index (κ3) is 2.98. The zero-order chi connectivity index (χ0) is 13.0. The molecule has 5 heteroatoms. The van der Waals surface area contributed by atoms with E-state index in [1.54, 1.807) is 6.07 Å². The second kappa shape index (κ2) is 5.82. The highest BCUT2D eigenvalue weighted by Gasteiger charge is 2.18. The number of halogens is 1. The van der Waals surface area contributed by atoms with Crippen LogP contribution in [0.15, 0.2) is 18.2 Å². The van der Waals surface area contributed by atoms with E-state index in [9.17, 15) is 9.18 Å². The minimum atomic E-state index is -1.25. The highest BCUT2D eigenvalue weighted by molar-refractivity contribution is 5.94. The smallest absolute Gasteiger partial charge is 0.340 e. The molecule has 98 valence electrons. The second-order valence-corrected chi connectivity index (χ2v) is 4.43. The Morgan fingerprint density at radius 3 is 3.06 bits per heavy atom. The first-order chi connectivity index (χ1) is 8.68. The van der Waals surface area contributed by atoms with Crippen molar-refractivity contribution in [2.75, 3.05) is 25.1 Å². The summed E-state index contributed by atoms with van der Waals surface area (Å²) in [4.78, 5) is 11.0. The maximum Gasteiger partial charge on any atom is 0.340 e. The van der Waals surface area contributed by atoms with E-state index in [0.29, 0.717) is 24.8 Å². The predicted octanol–water partition coefficient (Wildman–Crippen LogP) is 2.36. The molecule has 1 atom stereocenters. The molecular weight excluding hydrogens is 237 g/mol. The van der Waals surface area contributed by atoms with Gasteiger partial charge in [0.25, 0.3) is 0 Å². The van der Waals surface area contributed by atoms with Crippen LogP contribution in [0.25, 0.3) is 0 Å². The van der Waals surface area contributed by atoms with Crippen molar-refractivity contribution in [3.05, 3.63) is 29.6 Å². The Hall–Kier alpha value is -1.62. The summed E-state index contributed by atoms with van der Waals surface area (Å²) in [5, 5.41) is 12.0. The van der Waals surface area contributed by atoms with E-state index >= 15 is 0 Å². The average molecular weight is 253 g/mol. The van der Waals surface area contributed by atoms with Crippen molar-refractivity contribution in [1.29, 1.82) is 0 Å². The molecule has 2 N–H and O–H groups in total. The van der Waals surface area contributed by atoms with Gasteiger partial charge in [-0.2, -0.15) is 0 Å². The van der Waals surface area contributed by atoms with E-state index in [2.05, 4.69) is 5.32 Å². The number of rotatable bonds is 4. The van der Waals surface area contributed by atoms with Crippen molar-refractivity contribution < 1.29 is 19.0 Å². The number of hydrogen-bond acceptors (Lipinski definition) is 3. The fourth-order valence-corrected chi connectivity index (χ4v) is 2.11. The molecule has 0 amide bonds. The van der Waals surface area contributed by atoms with Crippen LogP contribution >= 0.6 is 0 Å². The maximum absolute atomic E-state index is 13.4. The normalized spacial score (nSPS) is 19.5. The maximum atomic E-state index is 13.4. The molecule has 0 radical (unpaired) electrons. The fourth-order valence-electron chi connectivity index (χ4n) is 2.11. The van der Waals surface area contributed by atoms with Gasteiger partial charge in [0.2, 0.25) is 0 Å². The second-order valence-electron chi connectivity index (χ2n) is 4.43.